The van der Waals surface area contributed by atoms with Crippen molar-refractivity contribution in [2.75, 3.05) is 13.1 Å². The quantitative estimate of drug-likeness (QED) is 0.343. The fraction of sp³-hybridized carbons (Fsp3) is 0.414. The first kappa shape index (κ1) is 25.0. The van der Waals surface area contributed by atoms with E-state index >= 15 is 0 Å². The number of nitrogens with one attached hydrogen (secondary N) is 3. The number of hydrogen-bond donors (Lipinski definition) is 4. The van der Waals surface area contributed by atoms with Gasteiger partial charge in [-0.05, 0) is 80.1 Å². The maximum atomic E-state index is 13.1. The van der Waals surface area contributed by atoms with Gasteiger partial charge in [0.25, 0.3) is 5.91 Å². The largest absolute Gasteiger partial charge is 0.488 e. The maximum Gasteiger partial charge on any atom is 0.252 e. The molecule has 6 nitrogen and oxygen atoms in total. The van der Waals surface area contributed by atoms with Crippen LogP contribution in [0.25, 0.3) is 10.4 Å². The molecule has 3 aromatic rings. The van der Waals surface area contributed by atoms with Crippen LogP contribution < -0.4 is 20.7 Å². The molecule has 36 heavy (non-hydrogen) atoms. The van der Waals surface area contributed by atoms with Crippen molar-refractivity contribution in [2.24, 2.45) is 0 Å². The number of aliphatic hydroxyl groups is 1. The Hall–Kier alpha value is -2.71. The molecule has 2 fully saturated rings. The molecule has 1 aliphatic carbocycles. The second kappa shape index (κ2) is 11.1. The van der Waals surface area contributed by atoms with Gasteiger partial charge in [0.2, 0.25) is 0 Å². The second-order valence-electron chi connectivity index (χ2n) is 10.0. The molecular weight excluding hydrogens is 470 g/mol. The summed E-state index contributed by atoms with van der Waals surface area (Å²) in [5.41, 5.74) is 3.80. The summed E-state index contributed by atoms with van der Waals surface area (Å²) < 4.78 is 5.95. The van der Waals surface area contributed by atoms with E-state index in [0.29, 0.717) is 11.6 Å². The first-order valence-corrected chi connectivity index (χ1v) is 13.7. The third-order valence-electron chi connectivity index (χ3n) is 7.15. The Morgan fingerprint density at radius 2 is 2.03 bits per heavy atom. The van der Waals surface area contributed by atoms with Crippen molar-refractivity contribution in [3.05, 3.63) is 76.2 Å². The number of aliphatic hydroxyl groups excluding tert-OH is 1. The van der Waals surface area contributed by atoms with E-state index < -0.39 is 0 Å². The minimum Gasteiger partial charge on any atom is -0.488 e. The molecule has 190 valence electrons. The van der Waals surface area contributed by atoms with E-state index in [9.17, 15) is 9.90 Å². The summed E-state index contributed by atoms with van der Waals surface area (Å²) in [7, 11) is 0. The molecule has 0 radical (unpaired) electrons. The number of rotatable bonds is 9. The Bertz CT molecular complexity index is 1210. The Morgan fingerprint density at radius 3 is 2.78 bits per heavy atom. The molecule has 5 rings (SSSR count). The lowest BCUT2D eigenvalue weighted by Crippen LogP contribution is -2.50. The van der Waals surface area contributed by atoms with Crippen molar-refractivity contribution in [1.29, 1.82) is 0 Å². The highest BCUT2D eigenvalue weighted by atomic mass is 32.1. The van der Waals surface area contributed by atoms with Gasteiger partial charge < -0.3 is 25.8 Å². The summed E-state index contributed by atoms with van der Waals surface area (Å²) in [6.07, 6.45) is 2.80. The predicted octanol–water partition coefficient (Wildman–Crippen LogP) is 4.57. The zero-order chi connectivity index (χ0) is 25.1. The van der Waals surface area contributed by atoms with E-state index in [4.69, 9.17) is 4.74 Å². The summed E-state index contributed by atoms with van der Waals surface area (Å²) in [5.74, 6) is 0.642. The first-order valence-electron chi connectivity index (χ1n) is 12.8. The number of carbonyl (C=O) groups is 1. The minimum atomic E-state index is -0.155. The highest BCUT2D eigenvalue weighted by Crippen LogP contribution is 2.31. The van der Waals surface area contributed by atoms with Gasteiger partial charge in [0, 0.05) is 41.0 Å². The van der Waals surface area contributed by atoms with Crippen molar-refractivity contribution >= 4 is 17.2 Å². The number of benzene rings is 2. The molecular formula is C29H35N3O3S. The van der Waals surface area contributed by atoms with Crippen molar-refractivity contribution in [2.45, 2.75) is 63.9 Å². The van der Waals surface area contributed by atoms with Crippen LogP contribution in [-0.2, 0) is 6.54 Å². The van der Waals surface area contributed by atoms with Crippen LogP contribution in [0, 0.1) is 6.92 Å². The molecule has 7 heteroatoms. The topological polar surface area (TPSA) is 82.6 Å². The van der Waals surface area contributed by atoms with Crippen molar-refractivity contribution in [3.63, 3.8) is 0 Å². The number of carbonyl (C=O) groups excluding carboxylic acids is 1. The fourth-order valence-electron chi connectivity index (χ4n) is 4.79. The minimum absolute atomic E-state index is 0.0934. The molecule has 1 amide bonds. The monoisotopic (exact) mass is 505 g/mol. The normalized spacial score (nSPS) is 20.6. The average Bonchev–Trinajstić information content (AvgIpc) is 3.50. The lowest BCUT2D eigenvalue weighted by Gasteiger charge is -2.28. The standard InChI is InChI=1S/C29H35N3O3S/c1-18-6-9-24(35-25-15-30-16-25)14-27(18)29(34)32-19(2)20-4-3-5-21(12-20)28-11-10-26(36-28)17-31-22-7-8-23(33)13-22/h3-6,9-12,14,19,22-23,25,30-31,33H,7-8,13,15-17H2,1-2H3,(H,32,34)/t19?,22-,23-/m1/s1. The predicted molar refractivity (Wildman–Crippen MR) is 145 cm³/mol. The zero-order valence-electron chi connectivity index (χ0n) is 20.9. The summed E-state index contributed by atoms with van der Waals surface area (Å²) in [4.78, 5) is 15.6. The van der Waals surface area contributed by atoms with Gasteiger partial charge in [-0.15, -0.1) is 11.3 Å². The Kier molecular flexibility index (Phi) is 7.72. The maximum absolute atomic E-state index is 13.1. The number of hydrogen-bond acceptors (Lipinski definition) is 6. The van der Waals surface area contributed by atoms with E-state index in [1.807, 2.05) is 32.0 Å². The molecule has 0 spiro atoms. The number of thiophene rings is 1. The van der Waals surface area contributed by atoms with Crippen LogP contribution in [0.5, 0.6) is 5.75 Å². The van der Waals surface area contributed by atoms with Gasteiger partial charge in [0.15, 0.2) is 0 Å². The zero-order valence-corrected chi connectivity index (χ0v) is 21.7. The summed E-state index contributed by atoms with van der Waals surface area (Å²) in [6, 6.07) is 18.7. The second-order valence-corrected chi connectivity index (χ2v) is 11.2. The van der Waals surface area contributed by atoms with Crippen LogP contribution in [0.1, 0.15) is 58.6 Å². The average molecular weight is 506 g/mol. The molecule has 0 bridgehead atoms. The Morgan fingerprint density at radius 1 is 1.17 bits per heavy atom. The molecule has 4 N–H and O–H groups in total. The molecule has 2 heterocycles. The van der Waals surface area contributed by atoms with Crippen molar-refractivity contribution < 1.29 is 14.6 Å². The van der Waals surface area contributed by atoms with Gasteiger partial charge in [-0.2, -0.15) is 0 Å². The van der Waals surface area contributed by atoms with Crippen LogP contribution in [0.4, 0.5) is 0 Å². The van der Waals surface area contributed by atoms with Gasteiger partial charge in [-0.3, -0.25) is 4.79 Å². The van der Waals surface area contributed by atoms with Gasteiger partial charge in [-0.25, -0.2) is 0 Å². The van der Waals surface area contributed by atoms with Crippen LogP contribution in [0.2, 0.25) is 0 Å². The van der Waals surface area contributed by atoms with Crippen molar-refractivity contribution in [1.82, 2.24) is 16.0 Å². The SMILES string of the molecule is Cc1ccc(OC2CNC2)cc1C(=O)NC(C)c1cccc(-c2ccc(CN[C@@H]3CC[C@@H](O)C3)s2)c1. The van der Waals surface area contributed by atoms with Crippen LogP contribution >= 0.6 is 11.3 Å². The number of ether oxygens (including phenoxy) is 1. The van der Waals surface area contributed by atoms with Crippen LogP contribution in [-0.4, -0.2) is 42.4 Å². The fourth-order valence-corrected chi connectivity index (χ4v) is 5.75. The third kappa shape index (κ3) is 5.98. The molecule has 1 saturated carbocycles. The molecule has 2 aliphatic rings. The lowest BCUT2D eigenvalue weighted by atomic mass is 10.0. The summed E-state index contributed by atoms with van der Waals surface area (Å²) in [5, 5.41) is 19.7. The highest BCUT2D eigenvalue weighted by molar-refractivity contribution is 7.15. The van der Waals surface area contributed by atoms with Gasteiger partial charge in [0.05, 0.1) is 12.1 Å². The molecule has 3 atom stereocenters. The van der Waals surface area contributed by atoms with E-state index in [2.05, 4.69) is 52.3 Å². The summed E-state index contributed by atoms with van der Waals surface area (Å²) >= 11 is 1.79. The highest BCUT2D eigenvalue weighted by Gasteiger charge is 2.22. The Labute approximate surface area is 217 Å². The molecule has 1 saturated heterocycles. The molecule has 1 aliphatic heterocycles. The molecule has 2 aromatic carbocycles. The van der Waals surface area contributed by atoms with Crippen LogP contribution in [0.3, 0.4) is 0 Å². The first-order chi connectivity index (χ1) is 17.4. The van der Waals surface area contributed by atoms with E-state index in [-0.39, 0.29) is 24.2 Å². The van der Waals surface area contributed by atoms with Gasteiger partial charge in [0.1, 0.15) is 11.9 Å². The molecule has 1 unspecified atom stereocenters. The molecule has 1 aromatic heterocycles. The van der Waals surface area contributed by atoms with Crippen molar-refractivity contribution in [3.8, 4) is 16.2 Å². The van der Waals surface area contributed by atoms with Gasteiger partial charge in [-0.1, -0.05) is 24.3 Å². The number of amides is 1. The smallest absolute Gasteiger partial charge is 0.252 e. The van der Waals surface area contributed by atoms with Gasteiger partial charge >= 0.3 is 0 Å². The Balaban J connectivity index is 1.22. The van der Waals surface area contributed by atoms with Crippen LogP contribution in [0.15, 0.2) is 54.6 Å². The van der Waals surface area contributed by atoms with E-state index in [1.54, 1.807) is 11.3 Å². The summed E-state index contributed by atoms with van der Waals surface area (Å²) in [6.45, 7) is 6.48. The van der Waals surface area contributed by atoms with E-state index in [1.165, 1.54) is 9.75 Å². The lowest BCUT2D eigenvalue weighted by molar-refractivity contribution is 0.0937. The number of aryl methyl sites for hydroxylation is 1. The third-order valence-corrected chi connectivity index (χ3v) is 8.29. The van der Waals surface area contributed by atoms with E-state index in [0.717, 1.165) is 61.3 Å².